The van der Waals surface area contributed by atoms with Crippen LogP contribution in [0, 0.1) is 0 Å². The normalized spacial score (nSPS) is 17.9. The standard InChI is InChI=1S/C18H16Cl3NO2/c19-18(20,21)16(13-7-2-1-3-8-13)24-17(23)22-15-11-10-12-6-4-5-9-14(12)15/h1-9,15-16H,10-11H2,(H,22,23)/t15-,16-/m1/s1. The van der Waals surface area contributed by atoms with Gasteiger partial charge in [0.05, 0.1) is 6.04 Å². The second kappa shape index (κ2) is 7.22. The summed E-state index contributed by atoms with van der Waals surface area (Å²) in [7, 11) is 0. The molecule has 1 N–H and O–H groups in total. The summed E-state index contributed by atoms with van der Waals surface area (Å²) in [6, 6.07) is 16.9. The van der Waals surface area contributed by atoms with Gasteiger partial charge in [0.1, 0.15) is 0 Å². The van der Waals surface area contributed by atoms with Crippen molar-refractivity contribution in [3.05, 3.63) is 71.3 Å². The third-order valence-electron chi connectivity index (χ3n) is 4.05. The first kappa shape index (κ1) is 17.4. The maximum absolute atomic E-state index is 12.3. The van der Waals surface area contributed by atoms with Crippen molar-refractivity contribution in [2.45, 2.75) is 28.8 Å². The molecule has 2 aromatic rings. The summed E-state index contributed by atoms with van der Waals surface area (Å²) < 4.78 is 3.67. The Kier molecular flexibility index (Phi) is 5.24. The van der Waals surface area contributed by atoms with Gasteiger partial charge in [-0.25, -0.2) is 4.79 Å². The number of aryl methyl sites for hydroxylation is 1. The third kappa shape index (κ3) is 3.97. The molecule has 126 valence electrons. The van der Waals surface area contributed by atoms with E-state index in [0.717, 1.165) is 18.4 Å². The Morgan fingerprint density at radius 2 is 1.75 bits per heavy atom. The Morgan fingerprint density at radius 1 is 1.08 bits per heavy atom. The largest absolute Gasteiger partial charge is 0.437 e. The summed E-state index contributed by atoms with van der Waals surface area (Å²) in [5.41, 5.74) is 2.97. The Hall–Kier alpha value is -1.42. The Morgan fingerprint density at radius 3 is 2.46 bits per heavy atom. The molecule has 0 saturated carbocycles. The zero-order valence-electron chi connectivity index (χ0n) is 12.7. The molecule has 1 aliphatic carbocycles. The van der Waals surface area contributed by atoms with Crippen molar-refractivity contribution in [2.75, 3.05) is 0 Å². The van der Waals surface area contributed by atoms with Gasteiger partial charge >= 0.3 is 6.09 Å². The summed E-state index contributed by atoms with van der Waals surface area (Å²) in [5, 5.41) is 2.87. The molecule has 3 rings (SSSR count). The molecule has 0 fully saturated rings. The number of nitrogens with one attached hydrogen (secondary N) is 1. The molecule has 0 spiro atoms. The summed E-state index contributed by atoms with van der Waals surface area (Å²) in [4.78, 5) is 12.3. The Balaban J connectivity index is 1.71. The minimum absolute atomic E-state index is 0.0829. The zero-order chi connectivity index (χ0) is 17.2. The zero-order valence-corrected chi connectivity index (χ0v) is 15.0. The fourth-order valence-corrected chi connectivity index (χ4v) is 3.45. The number of hydrogen-bond donors (Lipinski definition) is 1. The van der Waals surface area contributed by atoms with E-state index >= 15 is 0 Å². The van der Waals surface area contributed by atoms with Crippen molar-refractivity contribution in [2.24, 2.45) is 0 Å². The number of benzene rings is 2. The lowest BCUT2D eigenvalue weighted by Gasteiger charge is -2.26. The van der Waals surface area contributed by atoms with E-state index in [9.17, 15) is 4.79 Å². The topological polar surface area (TPSA) is 38.3 Å². The lowest BCUT2D eigenvalue weighted by molar-refractivity contribution is 0.0960. The van der Waals surface area contributed by atoms with Crippen LogP contribution in [0.2, 0.25) is 0 Å². The van der Waals surface area contributed by atoms with Gasteiger partial charge in [-0.1, -0.05) is 89.4 Å². The number of amides is 1. The molecule has 0 heterocycles. The van der Waals surface area contributed by atoms with E-state index in [2.05, 4.69) is 11.4 Å². The van der Waals surface area contributed by atoms with Gasteiger partial charge in [0.15, 0.2) is 6.10 Å². The second-order valence-electron chi connectivity index (χ2n) is 5.67. The van der Waals surface area contributed by atoms with Gasteiger partial charge in [0.2, 0.25) is 3.79 Å². The van der Waals surface area contributed by atoms with E-state index in [-0.39, 0.29) is 6.04 Å². The van der Waals surface area contributed by atoms with Crippen LogP contribution in [0.25, 0.3) is 0 Å². The molecule has 6 heteroatoms. The number of rotatable bonds is 3. The van der Waals surface area contributed by atoms with Crippen LogP contribution in [0.5, 0.6) is 0 Å². The quantitative estimate of drug-likeness (QED) is 0.708. The first-order valence-corrected chi connectivity index (χ1v) is 8.75. The van der Waals surface area contributed by atoms with Crippen LogP contribution < -0.4 is 5.32 Å². The van der Waals surface area contributed by atoms with E-state index < -0.39 is 16.0 Å². The van der Waals surface area contributed by atoms with E-state index in [1.807, 2.05) is 24.3 Å². The van der Waals surface area contributed by atoms with E-state index in [0.29, 0.717) is 5.56 Å². The number of alkyl halides is 3. The lowest BCUT2D eigenvalue weighted by atomic mass is 10.1. The third-order valence-corrected chi connectivity index (χ3v) is 4.64. The van der Waals surface area contributed by atoms with Gasteiger partial charge < -0.3 is 10.1 Å². The maximum Gasteiger partial charge on any atom is 0.408 e. The average Bonchev–Trinajstić information content (AvgIpc) is 2.96. The van der Waals surface area contributed by atoms with Crippen molar-refractivity contribution in [3.63, 3.8) is 0 Å². The van der Waals surface area contributed by atoms with Crippen molar-refractivity contribution in [1.29, 1.82) is 0 Å². The molecule has 2 aromatic carbocycles. The highest BCUT2D eigenvalue weighted by molar-refractivity contribution is 6.68. The van der Waals surface area contributed by atoms with Crippen molar-refractivity contribution >= 4 is 40.9 Å². The first-order chi connectivity index (χ1) is 11.4. The Bertz CT molecular complexity index is 716. The van der Waals surface area contributed by atoms with Gasteiger partial charge in [0, 0.05) is 0 Å². The fourth-order valence-electron chi connectivity index (χ4n) is 2.94. The van der Waals surface area contributed by atoms with Crippen molar-refractivity contribution < 1.29 is 9.53 Å². The molecule has 1 amide bonds. The second-order valence-corrected chi connectivity index (χ2v) is 8.04. The van der Waals surface area contributed by atoms with E-state index in [1.165, 1.54) is 5.56 Å². The first-order valence-electron chi connectivity index (χ1n) is 7.62. The van der Waals surface area contributed by atoms with Crippen LogP contribution in [-0.2, 0) is 11.2 Å². The predicted molar refractivity (Wildman–Crippen MR) is 96.6 cm³/mol. The monoisotopic (exact) mass is 383 g/mol. The molecule has 1 aliphatic rings. The van der Waals surface area contributed by atoms with Crippen LogP contribution in [-0.4, -0.2) is 9.89 Å². The van der Waals surface area contributed by atoms with Gasteiger partial charge in [0.25, 0.3) is 0 Å². The van der Waals surface area contributed by atoms with E-state index in [4.69, 9.17) is 39.5 Å². The van der Waals surface area contributed by atoms with Crippen LogP contribution >= 0.6 is 34.8 Å². The molecule has 0 bridgehead atoms. The molecule has 0 aromatic heterocycles. The number of fused-ring (bicyclic) bond motifs is 1. The smallest absolute Gasteiger partial charge is 0.408 e. The SMILES string of the molecule is O=C(N[C@@H]1CCc2ccccc21)O[C@H](c1ccccc1)C(Cl)(Cl)Cl. The van der Waals surface area contributed by atoms with Crippen LogP contribution in [0.15, 0.2) is 54.6 Å². The van der Waals surface area contributed by atoms with Crippen molar-refractivity contribution in [1.82, 2.24) is 5.32 Å². The van der Waals surface area contributed by atoms with Crippen LogP contribution in [0.3, 0.4) is 0 Å². The molecule has 24 heavy (non-hydrogen) atoms. The minimum Gasteiger partial charge on any atom is -0.437 e. The molecule has 0 unspecified atom stereocenters. The Labute approximate surface area is 155 Å². The summed E-state index contributed by atoms with van der Waals surface area (Å²) in [5.74, 6) is 0. The molecular weight excluding hydrogens is 369 g/mol. The van der Waals surface area contributed by atoms with Gasteiger partial charge in [-0.2, -0.15) is 0 Å². The van der Waals surface area contributed by atoms with Crippen LogP contribution in [0.1, 0.15) is 35.3 Å². The van der Waals surface area contributed by atoms with Gasteiger partial charge in [-0.3, -0.25) is 0 Å². The maximum atomic E-state index is 12.3. The molecule has 2 atom stereocenters. The lowest BCUT2D eigenvalue weighted by Crippen LogP contribution is -2.32. The van der Waals surface area contributed by atoms with Crippen LogP contribution in [0.4, 0.5) is 4.79 Å². The molecule has 3 nitrogen and oxygen atoms in total. The minimum atomic E-state index is -1.76. The van der Waals surface area contributed by atoms with Crippen molar-refractivity contribution in [3.8, 4) is 0 Å². The van der Waals surface area contributed by atoms with E-state index in [1.54, 1.807) is 24.3 Å². The highest BCUT2D eigenvalue weighted by Crippen LogP contribution is 2.42. The number of carbonyl (C=O) groups excluding carboxylic acids is 1. The number of hydrogen-bond acceptors (Lipinski definition) is 2. The summed E-state index contributed by atoms with van der Waals surface area (Å²) in [6.45, 7) is 0. The highest BCUT2D eigenvalue weighted by Gasteiger charge is 2.38. The summed E-state index contributed by atoms with van der Waals surface area (Å²) in [6.07, 6.45) is 0.170. The number of halogens is 3. The summed E-state index contributed by atoms with van der Waals surface area (Å²) >= 11 is 18.0. The number of carbonyl (C=O) groups is 1. The van der Waals surface area contributed by atoms with Gasteiger partial charge in [-0.05, 0) is 29.5 Å². The van der Waals surface area contributed by atoms with Gasteiger partial charge in [-0.15, -0.1) is 0 Å². The molecule has 0 saturated heterocycles. The predicted octanol–water partition coefficient (Wildman–Crippen LogP) is 5.51. The number of alkyl carbamates (subject to hydrolysis) is 1. The molecule has 0 aliphatic heterocycles. The fraction of sp³-hybridized carbons (Fsp3) is 0.278. The average molecular weight is 385 g/mol. The number of ether oxygens (including phenoxy) is 1. The molecule has 0 radical (unpaired) electrons. The highest BCUT2D eigenvalue weighted by atomic mass is 35.6. The molecular formula is C18H16Cl3NO2.